The third-order valence-corrected chi connectivity index (χ3v) is 9.77. The Labute approximate surface area is 234 Å². The molecule has 7 nitrogen and oxygen atoms in total. The first-order valence-electron chi connectivity index (χ1n) is 14.7. The predicted molar refractivity (Wildman–Crippen MR) is 148 cm³/mol. The number of aliphatic hydroxyl groups is 1. The van der Waals surface area contributed by atoms with Crippen LogP contribution in [-0.2, 0) is 25.6 Å². The van der Waals surface area contributed by atoms with Crippen LogP contribution in [0.3, 0.4) is 0 Å². The SMILES string of the molecule is C[C@@H]1CN(Cc2cc3c(c(C4CC4)n2)CN(c2cccc([C@]4(c5nncn5C)C[C@@H](C)C4)c2)C3O)CCC1(F)F. The fourth-order valence-electron chi connectivity index (χ4n) is 7.42. The number of nitrogens with zero attached hydrogens (tertiary/aromatic N) is 6. The lowest BCUT2D eigenvalue weighted by Gasteiger charge is -2.46. The van der Waals surface area contributed by atoms with Gasteiger partial charge in [-0.2, -0.15) is 0 Å². The lowest BCUT2D eigenvalue weighted by molar-refractivity contribution is -0.100. The minimum absolute atomic E-state index is 0.115. The molecule has 0 bridgehead atoms. The van der Waals surface area contributed by atoms with E-state index in [0.29, 0.717) is 38.0 Å². The summed E-state index contributed by atoms with van der Waals surface area (Å²) in [6.07, 6.45) is 5.14. The predicted octanol–water partition coefficient (Wildman–Crippen LogP) is 5.29. The molecular weight excluding hydrogens is 510 g/mol. The van der Waals surface area contributed by atoms with Crippen molar-refractivity contribution < 1.29 is 13.9 Å². The monoisotopic (exact) mass is 548 g/mol. The van der Waals surface area contributed by atoms with Crippen LogP contribution in [-0.4, -0.2) is 48.8 Å². The highest BCUT2D eigenvalue weighted by atomic mass is 19.3. The van der Waals surface area contributed by atoms with E-state index >= 15 is 0 Å². The molecule has 1 aromatic carbocycles. The number of rotatable bonds is 6. The number of hydrogen-bond donors (Lipinski definition) is 1. The van der Waals surface area contributed by atoms with Crippen LogP contribution in [0.2, 0.25) is 0 Å². The summed E-state index contributed by atoms with van der Waals surface area (Å²) in [5, 5.41) is 20.3. The fourth-order valence-corrected chi connectivity index (χ4v) is 7.42. The van der Waals surface area contributed by atoms with Crippen LogP contribution in [0.25, 0.3) is 0 Å². The van der Waals surface area contributed by atoms with Gasteiger partial charge in [-0.3, -0.25) is 9.88 Å². The van der Waals surface area contributed by atoms with Gasteiger partial charge in [0.15, 0.2) is 6.23 Å². The minimum atomic E-state index is -2.60. The Morgan fingerprint density at radius 2 is 1.93 bits per heavy atom. The van der Waals surface area contributed by atoms with Crippen molar-refractivity contribution in [2.75, 3.05) is 18.0 Å². The Hall–Kier alpha value is -2.91. The molecule has 2 aliphatic carbocycles. The summed E-state index contributed by atoms with van der Waals surface area (Å²) < 4.78 is 30.2. The van der Waals surface area contributed by atoms with Crippen molar-refractivity contribution in [3.63, 3.8) is 0 Å². The second-order valence-corrected chi connectivity index (χ2v) is 12.9. The Morgan fingerprint density at radius 1 is 1.12 bits per heavy atom. The molecule has 3 aromatic rings. The number of hydrogen-bond acceptors (Lipinski definition) is 6. The number of aromatic nitrogens is 4. The standard InChI is InChI=1S/C31H38F2N6O/c1-19-13-30(14-19,29-36-34-18-37(29)3)22-5-4-6-24(11-22)39-17-26-25(28(39)40)12-23(35-27(26)21-7-8-21)16-38-10-9-31(32,33)20(2)15-38/h4-6,11-12,18-21,28,40H,7-10,13-17H2,1-3H3/t19-,20-,28?,30+/m1/s1. The Bertz CT molecular complexity index is 1430. The van der Waals surface area contributed by atoms with Gasteiger partial charge in [-0.15, -0.1) is 10.2 Å². The molecule has 1 unspecified atom stereocenters. The number of likely N-dealkylation sites (tertiary alicyclic amines) is 1. The third-order valence-electron chi connectivity index (χ3n) is 9.77. The van der Waals surface area contributed by atoms with Crippen molar-refractivity contribution in [1.29, 1.82) is 0 Å². The average Bonchev–Trinajstić information content (AvgIpc) is 3.59. The number of fused-ring (bicyclic) bond motifs is 1. The smallest absolute Gasteiger partial charge is 0.253 e. The quantitative estimate of drug-likeness (QED) is 0.451. The van der Waals surface area contributed by atoms with Gasteiger partial charge < -0.3 is 14.6 Å². The van der Waals surface area contributed by atoms with Crippen LogP contribution in [0.4, 0.5) is 14.5 Å². The van der Waals surface area contributed by atoms with Crippen molar-refractivity contribution >= 4 is 5.69 Å². The minimum Gasteiger partial charge on any atom is -0.369 e. The Morgan fingerprint density at radius 3 is 2.60 bits per heavy atom. The summed E-state index contributed by atoms with van der Waals surface area (Å²) in [4.78, 5) is 9.23. The van der Waals surface area contributed by atoms with Gasteiger partial charge in [0, 0.05) is 74.0 Å². The lowest BCUT2D eigenvalue weighted by atomic mass is 9.58. The van der Waals surface area contributed by atoms with E-state index in [-0.39, 0.29) is 11.8 Å². The molecule has 2 saturated carbocycles. The average molecular weight is 549 g/mol. The molecular formula is C31H38F2N6O. The zero-order chi connectivity index (χ0) is 27.8. The zero-order valence-corrected chi connectivity index (χ0v) is 23.5. The molecule has 1 N–H and O–H groups in total. The van der Waals surface area contributed by atoms with E-state index in [2.05, 4.69) is 51.2 Å². The highest BCUT2D eigenvalue weighted by Gasteiger charge is 2.48. The number of alkyl halides is 2. The highest BCUT2D eigenvalue weighted by molar-refractivity contribution is 5.58. The summed E-state index contributed by atoms with van der Waals surface area (Å²) in [5.74, 6) is -1.25. The van der Waals surface area contributed by atoms with Gasteiger partial charge >= 0.3 is 0 Å². The molecule has 4 heterocycles. The highest BCUT2D eigenvalue weighted by Crippen LogP contribution is 2.53. The van der Waals surface area contributed by atoms with Crippen molar-refractivity contribution in [3.8, 4) is 0 Å². The maximum absolute atomic E-state index is 14.1. The molecule has 2 aliphatic heterocycles. The molecule has 2 atom stereocenters. The summed E-state index contributed by atoms with van der Waals surface area (Å²) in [6.45, 7) is 5.78. The van der Waals surface area contributed by atoms with Crippen LogP contribution in [0.15, 0.2) is 36.7 Å². The Kier molecular flexibility index (Phi) is 6.06. The second-order valence-electron chi connectivity index (χ2n) is 12.9. The molecule has 1 saturated heterocycles. The van der Waals surface area contributed by atoms with Crippen LogP contribution in [0.5, 0.6) is 0 Å². The molecule has 0 radical (unpaired) electrons. The van der Waals surface area contributed by atoms with E-state index in [1.165, 1.54) is 5.56 Å². The number of halogens is 2. The first-order valence-corrected chi connectivity index (χ1v) is 14.7. The zero-order valence-electron chi connectivity index (χ0n) is 23.5. The van der Waals surface area contributed by atoms with Crippen molar-refractivity contribution in [1.82, 2.24) is 24.6 Å². The van der Waals surface area contributed by atoms with E-state index in [9.17, 15) is 13.9 Å². The molecule has 9 heteroatoms. The maximum atomic E-state index is 14.1. The van der Waals surface area contributed by atoms with E-state index in [4.69, 9.17) is 4.98 Å². The molecule has 0 spiro atoms. The van der Waals surface area contributed by atoms with E-state index < -0.39 is 18.1 Å². The van der Waals surface area contributed by atoms with Gasteiger partial charge in [0.25, 0.3) is 5.92 Å². The molecule has 2 aromatic heterocycles. The van der Waals surface area contributed by atoms with Gasteiger partial charge in [0.1, 0.15) is 12.2 Å². The van der Waals surface area contributed by atoms with Crippen molar-refractivity contribution in [2.24, 2.45) is 18.9 Å². The second kappa shape index (κ2) is 9.31. The molecule has 0 amide bonds. The Balaban J connectivity index is 1.18. The summed E-state index contributed by atoms with van der Waals surface area (Å²) in [6, 6.07) is 10.6. The van der Waals surface area contributed by atoms with Crippen LogP contribution in [0, 0.1) is 11.8 Å². The maximum Gasteiger partial charge on any atom is 0.253 e. The summed E-state index contributed by atoms with van der Waals surface area (Å²) in [5.41, 5.74) is 6.02. The summed E-state index contributed by atoms with van der Waals surface area (Å²) in [7, 11) is 2.00. The van der Waals surface area contributed by atoms with Crippen LogP contribution < -0.4 is 4.90 Å². The van der Waals surface area contributed by atoms with Gasteiger partial charge in [-0.1, -0.05) is 26.0 Å². The third kappa shape index (κ3) is 4.24. The topological polar surface area (TPSA) is 70.3 Å². The molecule has 212 valence electrons. The number of aliphatic hydroxyl groups excluding tert-OH is 1. The number of anilines is 1. The number of piperidine rings is 1. The summed E-state index contributed by atoms with van der Waals surface area (Å²) >= 11 is 0. The van der Waals surface area contributed by atoms with Crippen molar-refractivity contribution in [2.45, 2.75) is 82.5 Å². The van der Waals surface area contributed by atoms with Gasteiger partial charge in [-0.25, -0.2) is 8.78 Å². The lowest BCUT2D eigenvalue weighted by Crippen LogP contribution is -2.45. The van der Waals surface area contributed by atoms with E-state index in [1.807, 2.05) is 17.7 Å². The number of aryl methyl sites for hydroxylation is 1. The van der Waals surface area contributed by atoms with Gasteiger partial charge in [-0.05, 0) is 55.4 Å². The first-order chi connectivity index (χ1) is 19.1. The van der Waals surface area contributed by atoms with Crippen LogP contribution >= 0.6 is 0 Å². The first kappa shape index (κ1) is 26.0. The molecule has 3 fully saturated rings. The molecule has 7 rings (SSSR count). The van der Waals surface area contributed by atoms with Crippen LogP contribution in [0.1, 0.15) is 92.0 Å². The largest absolute Gasteiger partial charge is 0.369 e. The molecule has 40 heavy (non-hydrogen) atoms. The van der Waals surface area contributed by atoms with Crippen molar-refractivity contribution in [3.05, 3.63) is 70.6 Å². The fraction of sp³-hybridized carbons (Fsp3) is 0.581. The van der Waals surface area contributed by atoms with E-state index in [1.54, 1.807) is 13.3 Å². The number of pyridine rings is 1. The number of benzene rings is 1. The van der Waals surface area contributed by atoms with E-state index in [0.717, 1.165) is 59.7 Å². The van der Waals surface area contributed by atoms with Gasteiger partial charge in [0.05, 0.1) is 11.1 Å². The van der Waals surface area contributed by atoms with Gasteiger partial charge in [0.2, 0.25) is 0 Å². The normalized spacial score (nSPS) is 29.9. The molecule has 4 aliphatic rings.